The lowest BCUT2D eigenvalue weighted by atomic mass is 9.79. The lowest BCUT2D eigenvalue weighted by molar-refractivity contribution is -0.137. The number of rotatable bonds is 10. The number of hydrogen-bond acceptors (Lipinski definition) is 4. The summed E-state index contributed by atoms with van der Waals surface area (Å²) >= 11 is 0. The predicted octanol–water partition coefficient (Wildman–Crippen LogP) is 3.34. The first-order valence-electron chi connectivity index (χ1n) is 9.51. The van der Waals surface area contributed by atoms with Crippen LogP contribution in [0.4, 0.5) is 0 Å². The Kier molecular flexibility index (Phi) is 6.83. The maximum atomic E-state index is 10.5. The van der Waals surface area contributed by atoms with E-state index in [4.69, 9.17) is 14.6 Å². The minimum absolute atomic E-state index is 0.198. The first-order valence-corrected chi connectivity index (χ1v) is 9.51. The van der Waals surface area contributed by atoms with Crippen molar-refractivity contribution in [3.8, 4) is 0 Å². The number of carboxylic acids is 1. The zero-order chi connectivity index (χ0) is 18.4. The van der Waals surface area contributed by atoms with Crippen LogP contribution in [0, 0.1) is 11.8 Å². The largest absolute Gasteiger partial charge is 0.481 e. The van der Waals surface area contributed by atoms with Gasteiger partial charge >= 0.3 is 5.97 Å². The highest BCUT2D eigenvalue weighted by molar-refractivity contribution is 5.66. The Bertz CT molecular complexity index is 600. The van der Waals surface area contributed by atoms with Crippen LogP contribution in [0.3, 0.4) is 0 Å². The molecule has 26 heavy (non-hydrogen) atoms. The van der Waals surface area contributed by atoms with E-state index >= 15 is 0 Å². The van der Waals surface area contributed by atoms with Gasteiger partial charge in [-0.15, -0.1) is 0 Å². The molecular weight excluding hydrogens is 332 g/mol. The van der Waals surface area contributed by atoms with Crippen molar-refractivity contribution < 1.29 is 24.5 Å². The summed E-state index contributed by atoms with van der Waals surface area (Å²) in [4.78, 5) is 10.5. The SMILES string of the molecule is O=C(O)CCCCOC[C@@H]1[C@H](C=CC(O)c2ccccc2)[C@@H]2CC[C@H]1O2. The summed E-state index contributed by atoms with van der Waals surface area (Å²) < 4.78 is 11.9. The number of ether oxygens (including phenoxy) is 2. The molecule has 0 aliphatic carbocycles. The van der Waals surface area contributed by atoms with Crippen molar-refractivity contribution >= 4 is 5.97 Å². The van der Waals surface area contributed by atoms with E-state index in [2.05, 4.69) is 6.08 Å². The standard InChI is InChI=1S/C21H28O5/c22-18(15-6-2-1-3-7-15)10-9-16-17(20-12-11-19(16)26-20)14-25-13-5-4-8-21(23)24/h1-3,6-7,9-10,16-20,22H,4-5,8,11-14H2,(H,23,24)/t16-,17+,18?,19-,20+/m0/s1. The van der Waals surface area contributed by atoms with E-state index in [9.17, 15) is 9.90 Å². The zero-order valence-electron chi connectivity index (χ0n) is 15.0. The summed E-state index contributed by atoms with van der Waals surface area (Å²) in [6.07, 6.45) is 7.57. The van der Waals surface area contributed by atoms with Crippen LogP contribution in [-0.2, 0) is 14.3 Å². The van der Waals surface area contributed by atoms with Crippen LogP contribution in [0.25, 0.3) is 0 Å². The second kappa shape index (κ2) is 9.31. The van der Waals surface area contributed by atoms with Crippen LogP contribution in [0.5, 0.6) is 0 Å². The molecule has 2 N–H and O–H groups in total. The number of unbranched alkanes of at least 4 members (excludes halogenated alkanes) is 1. The Morgan fingerprint density at radius 3 is 2.77 bits per heavy atom. The number of benzene rings is 1. The van der Waals surface area contributed by atoms with Gasteiger partial charge in [-0.1, -0.05) is 42.5 Å². The van der Waals surface area contributed by atoms with Crippen molar-refractivity contribution in [3.63, 3.8) is 0 Å². The Morgan fingerprint density at radius 1 is 1.23 bits per heavy atom. The number of hydrogen-bond donors (Lipinski definition) is 2. The van der Waals surface area contributed by atoms with Crippen molar-refractivity contribution in [2.75, 3.05) is 13.2 Å². The van der Waals surface area contributed by atoms with Gasteiger partial charge in [0.15, 0.2) is 0 Å². The minimum atomic E-state index is -0.756. The molecule has 5 nitrogen and oxygen atoms in total. The highest BCUT2D eigenvalue weighted by atomic mass is 16.5. The molecule has 0 amide bonds. The Balaban J connectivity index is 1.49. The van der Waals surface area contributed by atoms with Crippen LogP contribution in [0.15, 0.2) is 42.5 Å². The van der Waals surface area contributed by atoms with Gasteiger partial charge in [0.05, 0.1) is 24.9 Å². The Labute approximate surface area is 154 Å². The molecule has 2 fully saturated rings. The van der Waals surface area contributed by atoms with Gasteiger partial charge < -0.3 is 19.7 Å². The minimum Gasteiger partial charge on any atom is -0.481 e. The smallest absolute Gasteiger partial charge is 0.303 e. The van der Waals surface area contributed by atoms with Gasteiger partial charge in [-0.25, -0.2) is 0 Å². The maximum absolute atomic E-state index is 10.5. The molecule has 2 saturated heterocycles. The second-order valence-electron chi connectivity index (χ2n) is 7.20. The van der Waals surface area contributed by atoms with Crippen molar-refractivity contribution in [1.29, 1.82) is 0 Å². The van der Waals surface area contributed by atoms with Crippen LogP contribution in [0.2, 0.25) is 0 Å². The number of aliphatic carboxylic acids is 1. The van der Waals surface area contributed by atoms with E-state index in [1.54, 1.807) is 0 Å². The van der Waals surface area contributed by atoms with Crippen molar-refractivity contribution in [1.82, 2.24) is 0 Å². The highest BCUT2D eigenvalue weighted by Gasteiger charge is 2.47. The second-order valence-corrected chi connectivity index (χ2v) is 7.20. The summed E-state index contributed by atoms with van der Waals surface area (Å²) in [6, 6.07) is 9.63. The van der Waals surface area contributed by atoms with E-state index in [-0.39, 0.29) is 24.5 Å². The molecule has 142 valence electrons. The fourth-order valence-corrected chi connectivity index (χ4v) is 3.99. The van der Waals surface area contributed by atoms with E-state index in [0.29, 0.717) is 25.6 Å². The summed E-state index contributed by atoms with van der Waals surface area (Å²) in [7, 11) is 0. The zero-order valence-corrected chi connectivity index (χ0v) is 15.0. The van der Waals surface area contributed by atoms with Gasteiger partial charge in [0, 0.05) is 24.9 Å². The van der Waals surface area contributed by atoms with Gasteiger partial charge in [-0.05, 0) is 31.2 Å². The van der Waals surface area contributed by atoms with E-state index < -0.39 is 12.1 Å². The van der Waals surface area contributed by atoms with Crippen LogP contribution in [-0.4, -0.2) is 41.6 Å². The third-order valence-corrected chi connectivity index (χ3v) is 5.38. The maximum Gasteiger partial charge on any atom is 0.303 e. The summed E-state index contributed by atoms with van der Waals surface area (Å²) in [6.45, 7) is 1.22. The van der Waals surface area contributed by atoms with E-state index in [1.807, 2.05) is 36.4 Å². The quantitative estimate of drug-likeness (QED) is 0.494. The molecule has 1 aromatic rings. The molecule has 0 aromatic heterocycles. The fraction of sp³-hybridized carbons (Fsp3) is 0.571. The molecule has 2 bridgehead atoms. The summed E-state index contributed by atoms with van der Waals surface area (Å²) in [5, 5.41) is 19.0. The Morgan fingerprint density at radius 2 is 2.00 bits per heavy atom. The third kappa shape index (κ3) is 4.93. The van der Waals surface area contributed by atoms with Gasteiger partial charge in [-0.3, -0.25) is 4.79 Å². The van der Waals surface area contributed by atoms with Crippen molar-refractivity contribution in [2.45, 2.75) is 50.4 Å². The average molecular weight is 360 g/mol. The number of aliphatic hydroxyl groups excluding tert-OH is 1. The van der Waals surface area contributed by atoms with Gasteiger partial charge in [0.1, 0.15) is 0 Å². The van der Waals surface area contributed by atoms with Crippen LogP contribution < -0.4 is 0 Å². The van der Waals surface area contributed by atoms with Gasteiger partial charge in [0.25, 0.3) is 0 Å². The number of aliphatic hydroxyl groups is 1. The van der Waals surface area contributed by atoms with Crippen molar-refractivity contribution in [2.24, 2.45) is 11.8 Å². The number of carboxylic acid groups (broad SMARTS) is 1. The highest BCUT2D eigenvalue weighted by Crippen LogP contribution is 2.44. The predicted molar refractivity (Wildman–Crippen MR) is 97.7 cm³/mol. The fourth-order valence-electron chi connectivity index (χ4n) is 3.99. The third-order valence-electron chi connectivity index (χ3n) is 5.38. The lowest BCUT2D eigenvalue weighted by Gasteiger charge is -2.25. The number of carbonyl (C=O) groups is 1. The monoisotopic (exact) mass is 360 g/mol. The Hall–Kier alpha value is -1.69. The normalized spacial score (nSPS) is 28.7. The molecule has 2 aliphatic heterocycles. The molecule has 2 aliphatic rings. The van der Waals surface area contributed by atoms with Crippen LogP contribution in [0.1, 0.15) is 43.8 Å². The van der Waals surface area contributed by atoms with E-state index in [1.165, 1.54) is 0 Å². The molecule has 2 heterocycles. The average Bonchev–Trinajstić information content (AvgIpc) is 3.24. The van der Waals surface area contributed by atoms with E-state index in [0.717, 1.165) is 24.8 Å². The van der Waals surface area contributed by atoms with Crippen LogP contribution >= 0.6 is 0 Å². The molecular formula is C21H28O5. The molecule has 5 heteroatoms. The van der Waals surface area contributed by atoms with Crippen molar-refractivity contribution in [3.05, 3.63) is 48.0 Å². The summed E-state index contributed by atoms with van der Waals surface area (Å²) in [5.74, 6) is -0.174. The topological polar surface area (TPSA) is 76.0 Å². The first-order chi connectivity index (χ1) is 12.6. The molecule has 0 saturated carbocycles. The lowest BCUT2D eigenvalue weighted by Crippen LogP contribution is -2.30. The molecule has 1 aromatic carbocycles. The number of fused-ring (bicyclic) bond motifs is 2. The molecule has 3 rings (SSSR count). The molecule has 0 radical (unpaired) electrons. The molecule has 0 spiro atoms. The molecule has 1 unspecified atom stereocenters. The molecule has 5 atom stereocenters. The summed E-state index contributed by atoms with van der Waals surface area (Å²) in [5.41, 5.74) is 0.888. The first kappa shape index (κ1) is 19.1. The van der Waals surface area contributed by atoms with Gasteiger partial charge in [-0.2, -0.15) is 0 Å². The van der Waals surface area contributed by atoms with Gasteiger partial charge in [0.2, 0.25) is 0 Å².